The van der Waals surface area contributed by atoms with Gasteiger partial charge in [-0.05, 0) is 44.0 Å². The van der Waals surface area contributed by atoms with E-state index in [9.17, 15) is 8.78 Å². The minimum absolute atomic E-state index is 0.00294. The maximum Gasteiger partial charge on any atom is 0.270 e. The highest BCUT2D eigenvalue weighted by molar-refractivity contribution is 7.17. The highest BCUT2D eigenvalue weighted by Crippen LogP contribution is 2.33. The summed E-state index contributed by atoms with van der Waals surface area (Å²) in [7, 11) is 3.54. The predicted octanol–water partition coefficient (Wildman–Crippen LogP) is 6.67. The number of benzene rings is 1. The smallest absolute Gasteiger partial charge is 0.270 e. The molecule has 0 atom stereocenters. The lowest BCUT2D eigenvalue weighted by Gasteiger charge is -2.35. The second kappa shape index (κ2) is 22.0. The molecule has 3 rings (SSSR count). The SMILES string of the molecule is C=C(COC)NC(=NCCN1CCN(c2ccc(/C(NC)=C(\C)C(=C)C)s2)CC1)c1cccc(C(C)(F)F)c1C.C=O.C=O.CC. The molecule has 0 radical (unpaired) electrons. The summed E-state index contributed by atoms with van der Waals surface area (Å²) in [6.45, 7) is 28.2. The normalized spacial score (nSPS) is 13.9. The number of carbonyl (C=O) groups is 2. The zero-order chi connectivity index (χ0) is 35.4. The Bertz CT molecular complexity index is 1290. The quantitative estimate of drug-likeness (QED) is 0.149. The van der Waals surface area contributed by atoms with Gasteiger partial charge in [-0.25, -0.2) is 8.78 Å². The van der Waals surface area contributed by atoms with Gasteiger partial charge in [-0.15, -0.1) is 11.3 Å². The van der Waals surface area contributed by atoms with E-state index in [-0.39, 0.29) is 5.56 Å². The minimum Gasteiger partial charge on any atom is -0.387 e. The molecule has 0 aliphatic carbocycles. The van der Waals surface area contributed by atoms with E-state index in [1.54, 1.807) is 31.4 Å². The summed E-state index contributed by atoms with van der Waals surface area (Å²) in [5, 5.41) is 7.80. The van der Waals surface area contributed by atoms with Crippen LogP contribution in [0.2, 0.25) is 0 Å². The first-order valence-electron chi connectivity index (χ1n) is 15.1. The molecule has 0 amide bonds. The number of alkyl halides is 2. The molecule has 2 heterocycles. The van der Waals surface area contributed by atoms with Crippen LogP contribution in [0.5, 0.6) is 0 Å². The summed E-state index contributed by atoms with van der Waals surface area (Å²) in [6, 6.07) is 9.31. The van der Waals surface area contributed by atoms with Crippen molar-refractivity contribution in [2.75, 3.05) is 64.9 Å². The van der Waals surface area contributed by atoms with Crippen molar-refractivity contribution in [2.24, 2.45) is 4.99 Å². The molecule has 0 spiro atoms. The fraction of sp³-hybridized carbons (Fsp3) is 0.457. The van der Waals surface area contributed by atoms with E-state index in [1.165, 1.54) is 21.5 Å². The first-order valence-corrected chi connectivity index (χ1v) is 15.9. The minimum atomic E-state index is -2.94. The van der Waals surface area contributed by atoms with Gasteiger partial charge in [-0.1, -0.05) is 50.8 Å². The van der Waals surface area contributed by atoms with Crippen molar-refractivity contribution in [3.63, 3.8) is 0 Å². The predicted molar refractivity (Wildman–Crippen MR) is 191 cm³/mol. The number of anilines is 1. The van der Waals surface area contributed by atoms with Gasteiger partial charge in [0, 0.05) is 70.6 Å². The van der Waals surface area contributed by atoms with Gasteiger partial charge in [0.05, 0.1) is 28.7 Å². The van der Waals surface area contributed by atoms with Crippen LogP contribution in [0.4, 0.5) is 13.8 Å². The third-order valence-corrected chi connectivity index (χ3v) is 8.31. The maximum atomic E-state index is 14.2. The number of halogens is 2. The average Bonchev–Trinajstić information content (AvgIpc) is 3.53. The lowest BCUT2D eigenvalue weighted by Crippen LogP contribution is -2.47. The Morgan fingerprint density at radius 3 is 2.17 bits per heavy atom. The number of carbonyl (C=O) groups excluding carboxylic acids is 2. The maximum absolute atomic E-state index is 14.2. The molecule has 0 saturated carbocycles. The molecule has 46 heavy (non-hydrogen) atoms. The summed E-state index contributed by atoms with van der Waals surface area (Å²) in [5.41, 5.74) is 5.12. The Morgan fingerprint density at radius 2 is 1.65 bits per heavy atom. The van der Waals surface area contributed by atoms with Crippen molar-refractivity contribution in [3.05, 3.63) is 81.9 Å². The lowest BCUT2D eigenvalue weighted by molar-refractivity contribution is -0.0987. The molecule has 2 N–H and O–H groups in total. The molecular weight excluding hydrogens is 608 g/mol. The topological polar surface area (TPSA) is 86.3 Å². The Kier molecular flexibility index (Phi) is 20.2. The van der Waals surface area contributed by atoms with Gasteiger partial charge in [0.2, 0.25) is 0 Å². The van der Waals surface area contributed by atoms with Crippen LogP contribution in [0.3, 0.4) is 0 Å². The fourth-order valence-corrected chi connectivity index (χ4v) is 5.94. The number of aliphatic imine (C=N–C) groups is 1. The summed E-state index contributed by atoms with van der Waals surface area (Å²) in [4.78, 5) is 26.8. The number of allylic oxidation sites excluding steroid dienone is 2. The number of thiophene rings is 1. The second-order valence-electron chi connectivity index (χ2n) is 10.3. The van der Waals surface area contributed by atoms with Crippen molar-refractivity contribution >= 4 is 41.4 Å². The van der Waals surface area contributed by atoms with Gasteiger partial charge >= 0.3 is 0 Å². The third kappa shape index (κ3) is 12.6. The van der Waals surface area contributed by atoms with E-state index in [0.717, 1.165) is 50.9 Å². The number of amidine groups is 1. The highest BCUT2D eigenvalue weighted by Gasteiger charge is 2.28. The molecule has 0 unspecified atom stereocenters. The Labute approximate surface area is 278 Å². The van der Waals surface area contributed by atoms with E-state index in [2.05, 4.69) is 52.6 Å². The van der Waals surface area contributed by atoms with Crippen LogP contribution >= 0.6 is 11.3 Å². The van der Waals surface area contributed by atoms with Crippen LogP contribution in [0.25, 0.3) is 5.70 Å². The van der Waals surface area contributed by atoms with E-state index in [0.29, 0.717) is 35.8 Å². The molecular formula is C35H53F2N5O3S. The van der Waals surface area contributed by atoms with Crippen LogP contribution in [-0.2, 0) is 20.2 Å². The molecule has 0 bridgehead atoms. The summed E-state index contributed by atoms with van der Waals surface area (Å²) >= 11 is 1.80. The molecule has 2 aromatic rings. The van der Waals surface area contributed by atoms with E-state index < -0.39 is 5.92 Å². The van der Waals surface area contributed by atoms with E-state index >= 15 is 0 Å². The number of hydrogen-bond acceptors (Lipinski definition) is 8. The van der Waals surface area contributed by atoms with Crippen LogP contribution in [0.1, 0.15) is 56.2 Å². The summed E-state index contributed by atoms with van der Waals surface area (Å²) < 4.78 is 33.6. The van der Waals surface area contributed by atoms with E-state index in [4.69, 9.17) is 19.3 Å². The van der Waals surface area contributed by atoms with Crippen molar-refractivity contribution in [2.45, 2.75) is 47.5 Å². The zero-order valence-corrected chi connectivity index (χ0v) is 29.7. The van der Waals surface area contributed by atoms with Gasteiger partial charge < -0.3 is 29.9 Å². The van der Waals surface area contributed by atoms with Crippen LogP contribution in [-0.4, -0.2) is 84.3 Å². The van der Waals surface area contributed by atoms with Gasteiger partial charge in [0.1, 0.15) is 19.4 Å². The van der Waals surface area contributed by atoms with Crippen LogP contribution in [0.15, 0.2) is 65.3 Å². The Balaban J connectivity index is 0.00000318. The molecule has 1 aromatic heterocycles. The van der Waals surface area contributed by atoms with Crippen LogP contribution < -0.4 is 15.5 Å². The van der Waals surface area contributed by atoms with Gasteiger partial charge in [0.25, 0.3) is 5.92 Å². The first-order chi connectivity index (χ1) is 22.0. The molecule has 256 valence electrons. The van der Waals surface area contributed by atoms with Crippen LogP contribution in [0, 0.1) is 6.92 Å². The Hall–Kier alpha value is -3.67. The van der Waals surface area contributed by atoms with Crippen molar-refractivity contribution in [3.8, 4) is 0 Å². The molecule has 1 fully saturated rings. The van der Waals surface area contributed by atoms with Gasteiger partial charge in [-0.2, -0.15) is 0 Å². The molecule has 8 nitrogen and oxygen atoms in total. The molecule has 1 saturated heterocycles. The first kappa shape index (κ1) is 42.3. The number of methoxy groups -OCH3 is 1. The molecule has 1 aliphatic heterocycles. The van der Waals surface area contributed by atoms with E-state index in [1.807, 2.05) is 47.5 Å². The standard InChI is InChI=1S/C31H43F2N5OS.C2H6.2CH2O/c1-21(2)23(4)29(34-7)27-12-13-28(40-27)38-18-16-37(17-19-38)15-14-35-30(36-22(3)20-39-8)25-10-9-11-26(24(25)5)31(6,32)33;3*1-2/h9-13,34H,1,3,14-20H2,2,4-8H3,(H,35,36);1-2H3;2*1H2/b29-23-;;;. The monoisotopic (exact) mass is 661 g/mol. The van der Waals surface area contributed by atoms with Crippen molar-refractivity contribution in [1.82, 2.24) is 15.5 Å². The lowest BCUT2D eigenvalue weighted by atomic mass is 9.97. The van der Waals surface area contributed by atoms with Crippen molar-refractivity contribution in [1.29, 1.82) is 0 Å². The third-order valence-electron chi connectivity index (χ3n) is 7.15. The molecule has 1 aromatic carbocycles. The molecule has 11 heteroatoms. The fourth-order valence-electron chi connectivity index (χ4n) is 4.77. The number of piperazine rings is 1. The largest absolute Gasteiger partial charge is 0.387 e. The number of nitrogens with one attached hydrogen (secondary N) is 2. The number of ether oxygens (including phenoxy) is 1. The summed E-state index contributed by atoms with van der Waals surface area (Å²) in [6.07, 6.45) is 0. The average molecular weight is 662 g/mol. The highest BCUT2D eigenvalue weighted by atomic mass is 32.1. The zero-order valence-electron chi connectivity index (χ0n) is 28.9. The Morgan fingerprint density at radius 1 is 1.04 bits per heavy atom. The number of nitrogens with zero attached hydrogens (tertiary/aromatic N) is 3. The van der Waals surface area contributed by atoms with Crippen molar-refractivity contribution < 1.29 is 23.1 Å². The second-order valence-corrected chi connectivity index (χ2v) is 11.3. The summed E-state index contributed by atoms with van der Waals surface area (Å²) in [5.74, 6) is -2.40. The number of hydrogen-bond donors (Lipinski definition) is 2. The molecule has 1 aliphatic rings. The van der Waals surface area contributed by atoms with Gasteiger partial charge in [0.15, 0.2) is 0 Å². The van der Waals surface area contributed by atoms with Gasteiger partial charge in [-0.3, -0.25) is 9.89 Å². The number of rotatable bonds is 12.